The number of hydrogen-bond acceptors (Lipinski definition) is 3. The van der Waals surface area contributed by atoms with Gasteiger partial charge >= 0.3 is 0 Å². The van der Waals surface area contributed by atoms with E-state index in [2.05, 4.69) is 4.98 Å². The van der Waals surface area contributed by atoms with Gasteiger partial charge in [0.1, 0.15) is 0 Å². The Morgan fingerprint density at radius 2 is 2.06 bits per heavy atom. The zero-order valence-corrected chi connectivity index (χ0v) is 10.3. The summed E-state index contributed by atoms with van der Waals surface area (Å²) < 4.78 is 50.6. The van der Waals surface area contributed by atoms with Crippen LogP contribution in [0.2, 0.25) is 0 Å². The average molecular weight is 272 g/mol. The molecule has 2 aromatic rings. The van der Waals surface area contributed by atoms with Crippen molar-refractivity contribution < 1.29 is 17.2 Å². The lowest BCUT2D eigenvalue weighted by Crippen LogP contribution is -2.11. The first-order chi connectivity index (χ1) is 8.39. The first kappa shape index (κ1) is 12.7. The normalized spacial score (nSPS) is 11.7. The molecule has 7 heteroatoms. The predicted molar refractivity (Wildman–Crippen MR) is 60.8 cm³/mol. The maximum atomic E-state index is 13.5. The third-order valence-electron chi connectivity index (χ3n) is 2.38. The fourth-order valence-electron chi connectivity index (χ4n) is 1.60. The summed E-state index contributed by atoms with van der Waals surface area (Å²) in [6, 6.07) is 3.76. The molecule has 1 aromatic heterocycles. The Morgan fingerprint density at radius 3 is 2.72 bits per heavy atom. The van der Waals surface area contributed by atoms with Crippen LogP contribution >= 0.6 is 0 Å². The monoisotopic (exact) mass is 272 g/mol. The second-order valence-corrected chi connectivity index (χ2v) is 5.73. The molecule has 1 heterocycles. The van der Waals surface area contributed by atoms with Crippen molar-refractivity contribution in [3.8, 4) is 0 Å². The van der Waals surface area contributed by atoms with E-state index in [-0.39, 0.29) is 17.3 Å². The Labute approximate surface area is 103 Å². The largest absolute Gasteiger partial charge is 0.317 e. The summed E-state index contributed by atoms with van der Waals surface area (Å²) in [6.45, 7) is -0.0913. The smallest absolute Gasteiger partial charge is 0.227 e. The summed E-state index contributed by atoms with van der Waals surface area (Å²) in [5.74, 6) is -1.95. The number of imidazole rings is 1. The zero-order valence-electron chi connectivity index (χ0n) is 9.47. The summed E-state index contributed by atoms with van der Waals surface area (Å²) in [5, 5.41) is -0.175. The highest BCUT2D eigenvalue weighted by molar-refractivity contribution is 7.90. The highest BCUT2D eigenvalue weighted by Gasteiger charge is 2.16. The SMILES string of the molecule is CS(=O)(=O)c1nccn1Cc1cccc(F)c1F. The van der Waals surface area contributed by atoms with E-state index in [1.807, 2.05) is 0 Å². The van der Waals surface area contributed by atoms with Gasteiger partial charge in [0, 0.05) is 24.2 Å². The van der Waals surface area contributed by atoms with E-state index >= 15 is 0 Å². The van der Waals surface area contributed by atoms with Crippen molar-refractivity contribution in [1.82, 2.24) is 9.55 Å². The van der Waals surface area contributed by atoms with E-state index in [4.69, 9.17) is 0 Å². The molecule has 0 radical (unpaired) electrons. The Balaban J connectivity index is 2.42. The van der Waals surface area contributed by atoms with Gasteiger partial charge in [-0.05, 0) is 6.07 Å². The molecular formula is C11H10F2N2O2S. The van der Waals surface area contributed by atoms with Crippen LogP contribution in [0.15, 0.2) is 35.7 Å². The van der Waals surface area contributed by atoms with Crippen LogP contribution in [0.1, 0.15) is 5.56 Å². The number of nitrogens with zero attached hydrogens (tertiary/aromatic N) is 2. The summed E-state index contributed by atoms with van der Waals surface area (Å²) in [4.78, 5) is 3.69. The van der Waals surface area contributed by atoms with Gasteiger partial charge in [-0.1, -0.05) is 12.1 Å². The number of hydrogen-bond donors (Lipinski definition) is 0. The Kier molecular flexibility index (Phi) is 3.16. The molecule has 0 saturated carbocycles. The summed E-state index contributed by atoms with van der Waals surface area (Å²) >= 11 is 0. The van der Waals surface area contributed by atoms with Crippen molar-refractivity contribution in [2.24, 2.45) is 0 Å². The standard InChI is InChI=1S/C11H10F2N2O2S/c1-18(16,17)11-14-5-6-15(11)7-8-3-2-4-9(12)10(8)13/h2-6H,7H2,1H3. The van der Waals surface area contributed by atoms with E-state index in [0.29, 0.717) is 0 Å². The van der Waals surface area contributed by atoms with Crippen molar-refractivity contribution in [1.29, 1.82) is 0 Å². The molecule has 0 spiro atoms. The number of aromatic nitrogens is 2. The molecule has 4 nitrogen and oxygen atoms in total. The topological polar surface area (TPSA) is 52.0 Å². The minimum absolute atomic E-state index is 0.0675. The van der Waals surface area contributed by atoms with Gasteiger partial charge in [0.2, 0.25) is 15.0 Å². The van der Waals surface area contributed by atoms with Crippen molar-refractivity contribution in [2.45, 2.75) is 11.7 Å². The molecule has 1 aromatic carbocycles. The molecule has 0 aliphatic heterocycles. The van der Waals surface area contributed by atoms with Gasteiger partial charge in [-0.3, -0.25) is 0 Å². The second kappa shape index (κ2) is 4.49. The van der Waals surface area contributed by atoms with Gasteiger partial charge in [-0.25, -0.2) is 22.2 Å². The van der Waals surface area contributed by atoms with Crippen molar-refractivity contribution >= 4 is 9.84 Å². The number of halogens is 2. The summed E-state index contributed by atoms with van der Waals surface area (Å²) in [7, 11) is -3.50. The van der Waals surface area contributed by atoms with E-state index in [1.54, 1.807) is 0 Å². The number of benzene rings is 1. The van der Waals surface area contributed by atoms with Gasteiger partial charge in [0.05, 0.1) is 6.54 Å². The number of rotatable bonds is 3. The van der Waals surface area contributed by atoms with Gasteiger partial charge in [-0.15, -0.1) is 0 Å². The van der Waals surface area contributed by atoms with Gasteiger partial charge in [0.25, 0.3) is 0 Å². The molecule has 0 bridgehead atoms. The van der Waals surface area contributed by atoms with Gasteiger partial charge in [-0.2, -0.15) is 0 Å². The lowest BCUT2D eigenvalue weighted by Gasteiger charge is -2.07. The first-order valence-corrected chi connectivity index (χ1v) is 6.93. The van der Waals surface area contributed by atoms with Crippen molar-refractivity contribution in [2.75, 3.05) is 6.26 Å². The van der Waals surface area contributed by atoms with Crippen LogP contribution in [0.25, 0.3) is 0 Å². The molecule has 18 heavy (non-hydrogen) atoms. The summed E-state index contributed by atoms with van der Waals surface area (Å²) in [6.07, 6.45) is 3.71. The third-order valence-corrected chi connectivity index (χ3v) is 3.38. The molecule has 0 saturated heterocycles. The maximum absolute atomic E-state index is 13.5. The molecule has 0 amide bonds. The van der Waals surface area contributed by atoms with Crippen LogP contribution in [0, 0.1) is 11.6 Å². The minimum Gasteiger partial charge on any atom is -0.317 e. The van der Waals surface area contributed by atoms with Crippen molar-refractivity contribution in [3.05, 3.63) is 47.8 Å². The average Bonchev–Trinajstić information content (AvgIpc) is 2.72. The molecule has 96 valence electrons. The molecule has 0 fully saturated rings. The van der Waals surface area contributed by atoms with E-state index < -0.39 is 21.5 Å². The van der Waals surface area contributed by atoms with E-state index in [1.165, 1.54) is 29.1 Å². The second-order valence-electron chi connectivity index (χ2n) is 3.82. The van der Waals surface area contributed by atoms with Crippen LogP contribution in [0.3, 0.4) is 0 Å². The molecule has 0 N–H and O–H groups in total. The van der Waals surface area contributed by atoms with E-state index in [0.717, 1.165) is 12.3 Å². The highest BCUT2D eigenvalue weighted by atomic mass is 32.2. The fourth-order valence-corrected chi connectivity index (χ4v) is 2.40. The Morgan fingerprint density at radius 1 is 1.33 bits per heavy atom. The zero-order chi connectivity index (χ0) is 13.3. The van der Waals surface area contributed by atoms with Gasteiger partial charge < -0.3 is 4.57 Å². The Bertz CT molecular complexity index is 680. The van der Waals surface area contributed by atoms with Crippen LogP contribution in [-0.4, -0.2) is 24.2 Å². The van der Waals surface area contributed by atoms with Crippen molar-refractivity contribution in [3.63, 3.8) is 0 Å². The molecule has 0 aliphatic carbocycles. The van der Waals surface area contributed by atoms with Gasteiger partial charge in [0.15, 0.2) is 11.6 Å². The molecular weight excluding hydrogens is 262 g/mol. The van der Waals surface area contributed by atoms with Crippen LogP contribution in [0.4, 0.5) is 8.78 Å². The van der Waals surface area contributed by atoms with Crippen LogP contribution < -0.4 is 0 Å². The lowest BCUT2D eigenvalue weighted by molar-refractivity contribution is 0.492. The van der Waals surface area contributed by atoms with Crippen LogP contribution in [-0.2, 0) is 16.4 Å². The maximum Gasteiger partial charge on any atom is 0.227 e. The predicted octanol–water partition coefficient (Wildman–Crippen LogP) is 1.61. The lowest BCUT2D eigenvalue weighted by atomic mass is 10.2. The minimum atomic E-state index is -3.50. The highest BCUT2D eigenvalue weighted by Crippen LogP contribution is 2.15. The number of sulfone groups is 1. The van der Waals surface area contributed by atoms with E-state index in [9.17, 15) is 17.2 Å². The van der Waals surface area contributed by atoms with Crippen LogP contribution in [0.5, 0.6) is 0 Å². The summed E-state index contributed by atoms with van der Waals surface area (Å²) in [5.41, 5.74) is 0.0675. The Hall–Kier alpha value is -1.76. The molecule has 0 atom stereocenters. The first-order valence-electron chi connectivity index (χ1n) is 5.03. The third kappa shape index (κ3) is 2.40. The molecule has 0 aliphatic rings. The quantitative estimate of drug-likeness (QED) is 0.853. The molecule has 0 unspecified atom stereocenters. The fraction of sp³-hybridized carbons (Fsp3) is 0.182. The molecule has 2 rings (SSSR count).